The number of nitriles is 1. The fraction of sp³-hybridized carbons (Fsp3) is 0.481. The third-order valence-electron chi connectivity index (χ3n) is 7.86. The maximum Gasteiger partial charge on any atom is 0.255 e. The minimum Gasteiger partial charge on any atom is -0.390 e. The number of halogens is 1. The van der Waals surface area contributed by atoms with Crippen molar-refractivity contribution in [2.24, 2.45) is 0 Å². The van der Waals surface area contributed by atoms with Gasteiger partial charge in [-0.15, -0.1) is 0 Å². The first-order valence-corrected chi connectivity index (χ1v) is 12.5. The van der Waals surface area contributed by atoms with Crippen molar-refractivity contribution in [2.75, 3.05) is 11.9 Å². The molecule has 4 N–H and O–H groups in total. The van der Waals surface area contributed by atoms with Crippen molar-refractivity contribution in [3.8, 4) is 17.5 Å². The fourth-order valence-corrected chi connectivity index (χ4v) is 5.30. The molecule has 2 bridgehead atoms. The molecule has 10 heteroatoms. The molecule has 1 atom stereocenters. The molecule has 9 nitrogen and oxygen atoms in total. The highest BCUT2D eigenvalue weighted by Crippen LogP contribution is 2.48. The number of alkyl halides is 1. The van der Waals surface area contributed by atoms with Crippen molar-refractivity contribution >= 4 is 17.1 Å². The Kier molecular flexibility index (Phi) is 6.16. The van der Waals surface area contributed by atoms with Crippen LogP contribution in [0, 0.1) is 11.3 Å². The molecule has 3 aromatic heterocycles. The SMILES string of the molecule is CC(C)(O)[C@H](F)CNC(=O)c1cnc(-c2ccc3cc(C#N)cnn23)cc1NC12CCC(O)(CC1)CC2. The van der Waals surface area contributed by atoms with Gasteiger partial charge >= 0.3 is 0 Å². The van der Waals surface area contributed by atoms with E-state index in [2.05, 4.69) is 26.8 Å². The zero-order valence-corrected chi connectivity index (χ0v) is 21.0. The monoisotopic (exact) mass is 506 g/mol. The molecule has 0 radical (unpaired) electrons. The normalized spacial score (nSPS) is 24.0. The summed E-state index contributed by atoms with van der Waals surface area (Å²) in [6, 6.07) is 9.31. The van der Waals surface area contributed by atoms with E-state index < -0.39 is 23.3 Å². The standard InChI is InChI=1S/C27H31FN6O3/c1-25(2,36)23(28)16-31-24(35)19-15-30-21(22-4-3-18-11-17(13-29)14-32-34(18)22)12-20(19)33-26-5-8-27(37,9-6-26)10-7-26/h3-4,11-12,14-15,23,36-37H,5-10,16H2,1-2H3,(H,30,33)(H,31,35)/t23-,26?,27?/m1/s1. The number of nitrogens with one attached hydrogen (secondary N) is 2. The van der Waals surface area contributed by atoms with Crippen molar-refractivity contribution in [3.05, 3.63) is 47.8 Å². The quantitative estimate of drug-likeness (QED) is 0.386. The molecule has 3 saturated carbocycles. The van der Waals surface area contributed by atoms with Gasteiger partial charge in [-0.2, -0.15) is 10.4 Å². The molecular formula is C27H31FN6O3. The predicted octanol–water partition coefficient (Wildman–Crippen LogP) is 3.36. The Balaban J connectivity index is 1.49. The molecule has 0 aliphatic heterocycles. The molecule has 3 heterocycles. The third kappa shape index (κ3) is 4.89. The number of rotatable bonds is 7. The number of aromatic nitrogens is 3. The van der Waals surface area contributed by atoms with E-state index in [4.69, 9.17) is 0 Å². The summed E-state index contributed by atoms with van der Waals surface area (Å²) in [5.74, 6) is -0.496. The van der Waals surface area contributed by atoms with Crippen LogP contribution in [-0.4, -0.2) is 60.2 Å². The number of amides is 1. The molecule has 0 saturated heterocycles. The van der Waals surface area contributed by atoms with Gasteiger partial charge in [-0.25, -0.2) is 8.91 Å². The summed E-state index contributed by atoms with van der Waals surface area (Å²) in [6.45, 7) is 2.38. The maximum absolute atomic E-state index is 14.3. The largest absolute Gasteiger partial charge is 0.390 e. The van der Waals surface area contributed by atoms with Crippen molar-refractivity contribution < 1.29 is 19.4 Å². The summed E-state index contributed by atoms with van der Waals surface area (Å²) in [7, 11) is 0. The molecule has 3 fully saturated rings. The van der Waals surface area contributed by atoms with Crippen LogP contribution in [-0.2, 0) is 0 Å². The lowest BCUT2D eigenvalue weighted by Gasteiger charge is -2.51. The van der Waals surface area contributed by atoms with Gasteiger partial charge < -0.3 is 20.8 Å². The molecule has 0 aromatic carbocycles. The smallest absolute Gasteiger partial charge is 0.255 e. The van der Waals surface area contributed by atoms with Gasteiger partial charge in [0.1, 0.15) is 12.2 Å². The first kappa shape index (κ1) is 25.1. The number of carbonyl (C=O) groups excluding carboxylic acids is 1. The molecule has 6 rings (SSSR count). The van der Waals surface area contributed by atoms with Crippen LogP contribution in [0.2, 0.25) is 0 Å². The van der Waals surface area contributed by atoms with Gasteiger partial charge in [0.05, 0.1) is 57.7 Å². The van der Waals surface area contributed by atoms with E-state index in [9.17, 15) is 24.7 Å². The zero-order valence-electron chi connectivity index (χ0n) is 21.0. The van der Waals surface area contributed by atoms with Gasteiger partial charge in [0.2, 0.25) is 0 Å². The lowest BCUT2D eigenvalue weighted by molar-refractivity contribution is -0.0580. The highest BCUT2D eigenvalue weighted by Gasteiger charge is 2.48. The van der Waals surface area contributed by atoms with E-state index in [0.29, 0.717) is 41.9 Å². The van der Waals surface area contributed by atoms with Gasteiger partial charge in [-0.3, -0.25) is 9.78 Å². The van der Waals surface area contributed by atoms with Crippen LogP contribution in [0.25, 0.3) is 16.9 Å². The van der Waals surface area contributed by atoms with Gasteiger partial charge in [0, 0.05) is 11.7 Å². The Morgan fingerprint density at radius 3 is 2.57 bits per heavy atom. The van der Waals surface area contributed by atoms with Crippen LogP contribution in [0.1, 0.15) is 68.3 Å². The Morgan fingerprint density at radius 2 is 1.92 bits per heavy atom. The highest BCUT2D eigenvalue weighted by molar-refractivity contribution is 6.00. The summed E-state index contributed by atoms with van der Waals surface area (Å²) in [4.78, 5) is 17.7. The molecule has 1 amide bonds. The highest BCUT2D eigenvalue weighted by atomic mass is 19.1. The molecule has 0 unspecified atom stereocenters. The van der Waals surface area contributed by atoms with Crippen LogP contribution in [0.15, 0.2) is 36.7 Å². The number of nitrogens with zero attached hydrogens (tertiary/aromatic N) is 4. The predicted molar refractivity (Wildman–Crippen MR) is 136 cm³/mol. The molecule has 3 aliphatic rings. The molecule has 194 valence electrons. The van der Waals surface area contributed by atoms with Crippen LogP contribution in [0.3, 0.4) is 0 Å². The second-order valence-corrected chi connectivity index (χ2v) is 11.0. The fourth-order valence-electron chi connectivity index (χ4n) is 5.30. The zero-order chi connectivity index (χ0) is 26.4. The summed E-state index contributed by atoms with van der Waals surface area (Å²) in [5, 5.41) is 40.3. The number of carbonyl (C=O) groups is 1. The van der Waals surface area contributed by atoms with E-state index in [1.807, 2.05) is 12.1 Å². The lowest BCUT2D eigenvalue weighted by Crippen LogP contribution is -2.54. The summed E-state index contributed by atoms with van der Waals surface area (Å²) < 4.78 is 16.0. The third-order valence-corrected chi connectivity index (χ3v) is 7.86. The first-order valence-electron chi connectivity index (χ1n) is 12.5. The van der Waals surface area contributed by atoms with E-state index >= 15 is 0 Å². The molecular weight excluding hydrogens is 475 g/mol. The van der Waals surface area contributed by atoms with Gasteiger partial charge in [-0.05, 0) is 76.6 Å². The second kappa shape index (κ2) is 9.08. The number of pyridine rings is 1. The second-order valence-electron chi connectivity index (χ2n) is 11.0. The molecule has 0 spiro atoms. The topological polar surface area (TPSA) is 136 Å². The van der Waals surface area contributed by atoms with Crippen LogP contribution >= 0.6 is 0 Å². The van der Waals surface area contributed by atoms with E-state index in [-0.39, 0.29) is 17.6 Å². The van der Waals surface area contributed by atoms with Gasteiger partial charge in [0.15, 0.2) is 0 Å². The molecule has 3 aliphatic carbocycles. The summed E-state index contributed by atoms with van der Waals surface area (Å²) >= 11 is 0. The van der Waals surface area contributed by atoms with Crippen molar-refractivity contribution in [3.63, 3.8) is 0 Å². The minimum absolute atomic E-state index is 0.255. The Hall–Kier alpha value is -3.55. The van der Waals surface area contributed by atoms with E-state index in [1.165, 1.54) is 26.2 Å². The van der Waals surface area contributed by atoms with Crippen molar-refractivity contribution in [2.45, 2.75) is 75.3 Å². The lowest BCUT2D eigenvalue weighted by atomic mass is 9.63. The van der Waals surface area contributed by atoms with E-state index in [0.717, 1.165) is 24.8 Å². The van der Waals surface area contributed by atoms with Crippen molar-refractivity contribution in [1.29, 1.82) is 5.26 Å². The van der Waals surface area contributed by atoms with E-state index in [1.54, 1.807) is 16.6 Å². The maximum atomic E-state index is 14.3. The average molecular weight is 507 g/mol. The number of anilines is 1. The summed E-state index contributed by atoms with van der Waals surface area (Å²) in [6.07, 6.45) is 5.74. The molecule has 37 heavy (non-hydrogen) atoms. The number of hydrogen-bond donors (Lipinski definition) is 4. The van der Waals surface area contributed by atoms with Gasteiger partial charge in [-0.1, -0.05) is 0 Å². The first-order chi connectivity index (χ1) is 17.5. The Morgan fingerprint density at radius 1 is 1.22 bits per heavy atom. The van der Waals surface area contributed by atoms with Crippen molar-refractivity contribution in [1.82, 2.24) is 19.9 Å². The Labute approximate surface area is 214 Å². The Bertz CT molecular complexity index is 1360. The number of hydrogen-bond acceptors (Lipinski definition) is 7. The average Bonchev–Trinajstić information content (AvgIpc) is 3.30. The van der Waals surface area contributed by atoms with Crippen LogP contribution < -0.4 is 10.6 Å². The van der Waals surface area contributed by atoms with Crippen LogP contribution in [0.4, 0.5) is 10.1 Å². The minimum atomic E-state index is -1.63. The van der Waals surface area contributed by atoms with Crippen LogP contribution in [0.5, 0.6) is 0 Å². The number of aliphatic hydroxyl groups is 2. The number of fused-ring (bicyclic) bond motifs is 4. The molecule has 3 aromatic rings. The van der Waals surface area contributed by atoms with Gasteiger partial charge in [0.25, 0.3) is 5.91 Å². The summed E-state index contributed by atoms with van der Waals surface area (Å²) in [5.41, 5.74) is 0.870.